The second-order valence-corrected chi connectivity index (χ2v) is 3.70. The molecule has 0 unspecified atom stereocenters. The molecule has 0 spiro atoms. The van der Waals surface area contributed by atoms with Crippen LogP contribution in [0.15, 0.2) is 42.6 Å². The third kappa shape index (κ3) is 2.87. The van der Waals surface area contributed by atoms with Gasteiger partial charge in [0.15, 0.2) is 5.78 Å². The molecule has 2 aromatic rings. The van der Waals surface area contributed by atoms with Gasteiger partial charge in [0, 0.05) is 18.2 Å². The number of hydrogen-bond donors (Lipinski definition) is 1. The van der Waals surface area contributed by atoms with Crippen molar-refractivity contribution >= 4 is 11.6 Å². The van der Waals surface area contributed by atoms with Crippen LogP contribution in [0.25, 0.3) is 0 Å². The van der Waals surface area contributed by atoms with Crippen LogP contribution in [0.1, 0.15) is 15.9 Å². The molecule has 0 radical (unpaired) electrons. The van der Waals surface area contributed by atoms with Crippen molar-refractivity contribution < 1.29 is 9.18 Å². The number of Topliss-reactive ketones (excluding diaryl/α,β-unsaturated/α-hetero) is 1. The first-order valence-electron chi connectivity index (χ1n) is 5.14. The zero-order valence-corrected chi connectivity index (χ0v) is 9.06. The van der Waals surface area contributed by atoms with E-state index >= 15 is 0 Å². The topological polar surface area (TPSA) is 56.0 Å². The first kappa shape index (κ1) is 11.3. The minimum absolute atomic E-state index is 0.143. The Morgan fingerprint density at radius 3 is 2.82 bits per heavy atom. The lowest BCUT2D eigenvalue weighted by Crippen LogP contribution is -2.04. The standard InChI is InChI=1S/C13H11FN2O/c14-11-3-1-2-10(8-11)12(17)6-9-4-5-16-13(15)7-9/h1-5,7-8H,6H2,(H2,15,16). The smallest absolute Gasteiger partial charge is 0.167 e. The van der Waals surface area contributed by atoms with E-state index in [1.54, 1.807) is 24.4 Å². The zero-order chi connectivity index (χ0) is 12.3. The second-order valence-electron chi connectivity index (χ2n) is 3.70. The summed E-state index contributed by atoms with van der Waals surface area (Å²) in [6.07, 6.45) is 1.74. The van der Waals surface area contributed by atoms with E-state index in [0.717, 1.165) is 5.56 Å². The highest BCUT2D eigenvalue weighted by molar-refractivity contribution is 5.97. The number of nitrogen functional groups attached to an aromatic ring is 1. The summed E-state index contributed by atoms with van der Waals surface area (Å²) in [6.45, 7) is 0. The fourth-order valence-electron chi connectivity index (χ4n) is 1.55. The molecule has 2 N–H and O–H groups in total. The molecule has 0 aliphatic carbocycles. The molecule has 0 aliphatic rings. The highest BCUT2D eigenvalue weighted by Gasteiger charge is 2.08. The van der Waals surface area contributed by atoms with Crippen LogP contribution in [0.2, 0.25) is 0 Å². The fraction of sp³-hybridized carbons (Fsp3) is 0.0769. The van der Waals surface area contributed by atoms with Gasteiger partial charge < -0.3 is 5.73 Å². The molecule has 0 saturated carbocycles. The Balaban J connectivity index is 2.17. The Bertz CT molecular complexity index is 555. The molecule has 1 aromatic carbocycles. The molecule has 86 valence electrons. The molecule has 2 rings (SSSR count). The van der Waals surface area contributed by atoms with E-state index < -0.39 is 5.82 Å². The summed E-state index contributed by atoms with van der Waals surface area (Å²) >= 11 is 0. The predicted molar refractivity (Wildman–Crippen MR) is 63.1 cm³/mol. The van der Waals surface area contributed by atoms with E-state index in [1.165, 1.54) is 18.2 Å². The number of carbonyl (C=O) groups excluding carboxylic acids is 1. The highest BCUT2D eigenvalue weighted by Crippen LogP contribution is 2.10. The molecule has 0 saturated heterocycles. The molecule has 0 atom stereocenters. The van der Waals surface area contributed by atoms with E-state index in [-0.39, 0.29) is 12.2 Å². The van der Waals surface area contributed by atoms with E-state index in [1.807, 2.05) is 0 Å². The quantitative estimate of drug-likeness (QED) is 0.822. The first-order valence-corrected chi connectivity index (χ1v) is 5.14. The molecule has 0 amide bonds. The van der Waals surface area contributed by atoms with Gasteiger partial charge in [-0.15, -0.1) is 0 Å². The van der Waals surface area contributed by atoms with Crippen LogP contribution in [-0.4, -0.2) is 10.8 Å². The maximum Gasteiger partial charge on any atom is 0.167 e. The SMILES string of the molecule is Nc1cc(CC(=O)c2cccc(F)c2)ccn1. The lowest BCUT2D eigenvalue weighted by Gasteiger charge is -2.02. The van der Waals surface area contributed by atoms with Crippen molar-refractivity contribution in [1.29, 1.82) is 0 Å². The van der Waals surface area contributed by atoms with Crippen LogP contribution in [0.3, 0.4) is 0 Å². The van der Waals surface area contributed by atoms with E-state index in [4.69, 9.17) is 5.73 Å². The average Bonchev–Trinajstić information content (AvgIpc) is 2.29. The van der Waals surface area contributed by atoms with E-state index in [2.05, 4.69) is 4.98 Å². The number of benzene rings is 1. The van der Waals surface area contributed by atoms with Crippen molar-refractivity contribution in [2.75, 3.05) is 5.73 Å². The van der Waals surface area contributed by atoms with Crippen molar-refractivity contribution in [2.45, 2.75) is 6.42 Å². The summed E-state index contributed by atoms with van der Waals surface area (Å²) < 4.78 is 12.9. The van der Waals surface area contributed by atoms with Crippen LogP contribution in [0.5, 0.6) is 0 Å². The van der Waals surface area contributed by atoms with Crippen molar-refractivity contribution in [3.05, 3.63) is 59.5 Å². The number of anilines is 1. The molecule has 0 bridgehead atoms. The van der Waals surface area contributed by atoms with Gasteiger partial charge in [-0.3, -0.25) is 4.79 Å². The molecule has 1 heterocycles. The van der Waals surface area contributed by atoms with Crippen molar-refractivity contribution in [3.8, 4) is 0 Å². The van der Waals surface area contributed by atoms with Crippen LogP contribution in [-0.2, 0) is 6.42 Å². The summed E-state index contributed by atoms with van der Waals surface area (Å²) in [5.74, 6) is -0.185. The van der Waals surface area contributed by atoms with Gasteiger partial charge in [0.1, 0.15) is 11.6 Å². The Morgan fingerprint density at radius 1 is 1.29 bits per heavy atom. The molecule has 17 heavy (non-hydrogen) atoms. The summed E-state index contributed by atoms with van der Waals surface area (Å²) in [7, 11) is 0. The third-order valence-corrected chi connectivity index (χ3v) is 2.36. The normalized spacial score (nSPS) is 10.2. The molecule has 4 heteroatoms. The van der Waals surface area contributed by atoms with Crippen molar-refractivity contribution in [2.24, 2.45) is 0 Å². The molecule has 0 fully saturated rings. The number of aromatic nitrogens is 1. The largest absolute Gasteiger partial charge is 0.384 e. The number of halogens is 1. The van der Waals surface area contributed by atoms with Gasteiger partial charge in [-0.2, -0.15) is 0 Å². The zero-order valence-electron chi connectivity index (χ0n) is 9.06. The summed E-state index contributed by atoms with van der Waals surface area (Å²) in [5.41, 5.74) is 6.65. The van der Waals surface area contributed by atoms with Crippen molar-refractivity contribution in [1.82, 2.24) is 4.98 Å². The Morgan fingerprint density at radius 2 is 2.12 bits per heavy atom. The van der Waals surface area contributed by atoms with E-state index in [0.29, 0.717) is 11.4 Å². The number of ketones is 1. The van der Waals surface area contributed by atoms with Crippen LogP contribution < -0.4 is 5.73 Å². The maximum atomic E-state index is 12.9. The van der Waals surface area contributed by atoms with E-state index in [9.17, 15) is 9.18 Å². The molecular formula is C13H11FN2O. The van der Waals surface area contributed by atoms with Gasteiger partial charge in [0.05, 0.1) is 0 Å². The lowest BCUT2D eigenvalue weighted by atomic mass is 10.0. The number of nitrogens with zero attached hydrogens (tertiary/aromatic N) is 1. The van der Waals surface area contributed by atoms with Crippen LogP contribution >= 0.6 is 0 Å². The van der Waals surface area contributed by atoms with Gasteiger partial charge in [-0.25, -0.2) is 9.37 Å². The summed E-state index contributed by atoms with van der Waals surface area (Å²) in [6, 6.07) is 9.00. The number of pyridine rings is 1. The van der Waals surface area contributed by atoms with Crippen molar-refractivity contribution in [3.63, 3.8) is 0 Å². The number of carbonyl (C=O) groups is 1. The fourth-order valence-corrected chi connectivity index (χ4v) is 1.55. The molecular weight excluding hydrogens is 219 g/mol. The molecule has 3 nitrogen and oxygen atoms in total. The third-order valence-electron chi connectivity index (χ3n) is 2.36. The Kier molecular flexibility index (Phi) is 3.14. The van der Waals surface area contributed by atoms with Gasteiger partial charge >= 0.3 is 0 Å². The summed E-state index contributed by atoms with van der Waals surface area (Å²) in [5, 5.41) is 0. The lowest BCUT2D eigenvalue weighted by molar-refractivity contribution is 0.0992. The number of nitrogens with two attached hydrogens (primary N) is 1. The summed E-state index contributed by atoms with van der Waals surface area (Å²) in [4.78, 5) is 15.7. The van der Waals surface area contributed by atoms with Crippen LogP contribution in [0, 0.1) is 5.82 Å². The highest BCUT2D eigenvalue weighted by atomic mass is 19.1. The minimum Gasteiger partial charge on any atom is -0.384 e. The average molecular weight is 230 g/mol. The monoisotopic (exact) mass is 230 g/mol. The molecule has 1 aromatic heterocycles. The Labute approximate surface area is 98.1 Å². The first-order chi connectivity index (χ1) is 8.15. The second kappa shape index (κ2) is 4.74. The maximum absolute atomic E-state index is 12.9. The molecule has 0 aliphatic heterocycles. The Hall–Kier alpha value is -2.23. The van der Waals surface area contributed by atoms with Crippen LogP contribution in [0.4, 0.5) is 10.2 Å². The van der Waals surface area contributed by atoms with Gasteiger partial charge in [-0.1, -0.05) is 12.1 Å². The number of rotatable bonds is 3. The van der Waals surface area contributed by atoms with Gasteiger partial charge in [0.2, 0.25) is 0 Å². The van der Waals surface area contributed by atoms with Gasteiger partial charge in [0.25, 0.3) is 0 Å². The predicted octanol–water partition coefficient (Wildman–Crippen LogP) is 2.23. The minimum atomic E-state index is -0.412. The van der Waals surface area contributed by atoms with Gasteiger partial charge in [-0.05, 0) is 29.8 Å². The number of hydrogen-bond acceptors (Lipinski definition) is 3.